The summed E-state index contributed by atoms with van der Waals surface area (Å²) in [6.07, 6.45) is 1.98. The van der Waals surface area contributed by atoms with Crippen molar-refractivity contribution in [3.8, 4) is 11.5 Å². The van der Waals surface area contributed by atoms with Crippen LogP contribution in [-0.2, 0) is 15.9 Å². The molecule has 0 spiro atoms. The molecule has 0 aromatic heterocycles. The predicted octanol–water partition coefficient (Wildman–Crippen LogP) is 2.59. The van der Waals surface area contributed by atoms with Gasteiger partial charge in [0.2, 0.25) is 6.79 Å². The van der Waals surface area contributed by atoms with Crippen molar-refractivity contribution >= 4 is 6.09 Å². The lowest BCUT2D eigenvalue weighted by atomic mass is 10.1. The maximum absolute atomic E-state index is 12.2. The van der Waals surface area contributed by atoms with Gasteiger partial charge in [-0.15, -0.1) is 0 Å². The Hall–Kier alpha value is -1.95. The lowest BCUT2D eigenvalue weighted by molar-refractivity contribution is -0.0108. The van der Waals surface area contributed by atoms with Gasteiger partial charge in [-0.25, -0.2) is 4.79 Å². The van der Waals surface area contributed by atoms with Gasteiger partial charge in [0.1, 0.15) is 6.10 Å². The number of likely N-dealkylation sites (N-methyl/N-ethyl adjacent to an activating group) is 1. The van der Waals surface area contributed by atoms with Crippen molar-refractivity contribution in [2.24, 2.45) is 0 Å². The number of nitrogens with zero attached hydrogens (tertiary/aromatic N) is 1. The molecule has 0 aliphatic carbocycles. The summed E-state index contributed by atoms with van der Waals surface area (Å²) in [7, 11) is 1.78. The van der Waals surface area contributed by atoms with Crippen LogP contribution in [0.1, 0.15) is 25.3 Å². The maximum atomic E-state index is 12.2. The molecule has 0 N–H and O–H groups in total. The molecule has 1 fully saturated rings. The third-order valence-corrected chi connectivity index (χ3v) is 4.35. The van der Waals surface area contributed by atoms with E-state index in [1.807, 2.05) is 25.1 Å². The second-order valence-corrected chi connectivity index (χ2v) is 6.05. The van der Waals surface area contributed by atoms with Crippen molar-refractivity contribution in [3.63, 3.8) is 0 Å². The van der Waals surface area contributed by atoms with Crippen LogP contribution >= 0.6 is 0 Å². The Labute approximate surface area is 136 Å². The molecule has 1 aromatic carbocycles. The molecule has 1 unspecified atom stereocenters. The van der Waals surface area contributed by atoms with E-state index in [0.717, 1.165) is 36.3 Å². The van der Waals surface area contributed by atoms with Crippen LogP contribution in [0.3, 0.4) is 0 Å². The number of benzene rings is 1. The lowest BCUT2D eigenvalue weighted by Crippen LogP contribution is -2.39. The highest BCUT2D eigenvalue weighted by Crippen LogP contribution is 2.33. The summed E-state index contributed by atoms with van der Waals surface area (Å²) in [6.45, 7) is 3.60. The number of ether oxygens (including phenoxy) is 4. The summed E-state index contributed by atoms with van der Waals surface area (Å²) in [4.78, 5) is 13.9. The summed E-state index contributed by atoms with van der Waals surface area (Å²) in [5.41, 5.74) is 1.10. The van der Waals surface area contributed by atoms with E-state index in [9.17, 15) is 4.79 Å². The molecule has 2 heterocycles. The van der Waals surface area contributed by atoms with Crippen LogP contribution in [0.2, 0.25) is 0 Å². The van der Waals surface area contributed by atoms with E-state index >= 15 is 0 Å². The van der Waals surface area contributed by atoms with Gasteiger partial charge in [0.05, 0.1) is 13.2 Å². The van der Waals surface area contributed by atoms with Crippen LogP contribution in [0.5, 0.6) is 11.5 Å². The van der Waals surface area contributed by atoms with Gasteiger partial charge < -0.3 is 23.8 Å². The van der Waals surface area contributed by atoms with Gasteiger partial charge in [0.15, 0.2) is 11.5 Å². The number of carbonyl (C=O) groups is 1. The fourth-order valence-electron chi connectivity index (χ4n) is 2.75. The van der Waals surface area contributed by atoms with E-state index in [1.54, 1.807) is 11.9 Å². The van der Waals surface area contributed by atoms with Crippen molar-refractivity contribution < 1.29 is 23.7 Å². The SMILES string of the molecule is CC(Cc1ccc2c(c1)OCO2)N(C)C(=O)OC1CCOCC1. The Morgan fingerprint density at radius 1 is 1.30 bits per heavy atom. The lowest BCUT2D eigenvalue weighted by Gasteiger charge is -2.28. The van der Waals surface area contributed by atoms with Crippen LogP contribution < -0.4 is 9.47 Å². The van der Waals surface area contributed by atoms with Crippen molar-refractivity contribution in [2.45, 2.75) is 38.3 Å². The summed E-state index contributed by atoms with van der Waals surface area (Å²) >= 11 is 0. The Balaban J connectivity index is 1.54. The Morgan fingerprint density at radius 2 is 2.04 bits per heavy atom. The molecule has 1 amide bonds. The molecule has 0 bridgehead atoms. The number of amides is 1. The van der Waals surface area contributed by atoms with Crippen molar-refractivity contribution in [2.75, 3.05) is 27.1 Å². The molecule has 23 heavy (non-hydrogen) atoms. The number of rotatable bonds is 4. The van der Waals surface area contributed by atoms with Gasteiger partial charge >= 0.3 is 6.09 Å². The van der Waals surface area contributed by atoms with E-state index in [1.165, 1.54) is 0 Å². The molecule has 2 aliphatic rings. The zero-order valence-corrected chi connectivity index (χ0v) is 13.6. The summed E-state index contributed by atoms with van der Waals surface area (Å²) in [5, 5.41) is 0. The number of hydrogen-bond acceptors (Lipinski definition) is 5. The summed E-state index contributed by atoms with van der Waals surface area (Å²) in [6, 6.07) is 5.91. The fraction of sp³-hybridized carbons (Fsp3) is 0.588. The van der Waals surface area contributed by atoms with Crippen molar-refractivity contribution in [1.82, 2.24) is 4.90 Å². The van der Waals surface area contributed by atoms with Gasteiger partial charge in [0, 0.05) is 25.9 Å². The largest absolute Gasteiger partial charge is 0.454 e. The zero-order chi connectivity index (χ0) is 16.2. The van der Waals surface area contributed by atoms with Crippen LogP contribution in [0.25, 0.3) is 0 Å². The third-order valence-electron chi connectivity index (χ3n) is 4.35. The first kappa shape index (κ1) is 15.9. The first-order valence-electron chi connectivity index (χ1n) is 8.03. The fourth-order valence-corrected chi connectivity index (χ4v) is 2.75. The molecule has 1 saturated heterocycles. The highest BCUT2D eigenvalue weighted by atomic mass is 16.7. The van der Waals surface area contributed by atoms with Gasteiger partial charge in [-0.3, -0.25) is 0 Å². The minimum atomic E-state index is -0.273. The van der Waals surface area contributed by atoms with E-state index < -0.39 is 0 Å². The molecule has 2 aliphatic heterocycles. The van der Waals surface area contributed by atoms with Gasteiger partial charge in [0.25, 0.3) is 0 Å². The third kappa shape index (κ3) is 3.88. The van der Waals surface area contributed by atoms with E-state index in [2.05, 4.69) is 0 Å². The highest BCUT2D eigenvalue weighted by Gasteiger charge is 2.23. The minimum Gasteiger partial charge on any atom is -0.454 e. The second kappa shape index (κ2) is 7.08. The molecule has 1 aromatic rings. The smallest absolute Gasteiger partial charge is 0.410 e. The Morgan fingerprint density at radius 3 is 2.83 bits per heavy atom. The molecular formula is C17H23NO5. The number of fused-ring (bicyclic) bond motifs is 1. The van der Waals surface area contributed by atoms with Gasteiger partial charge in [-0.1, -0.05) is 6.07 Å². The van der Waals surface area contributed by atoms with Crippen LogP contribution in [0.15, 0.2) is 18.2 Å². The molecule has 3 rings (SSSR count). The van der Waals surface area contributed by atoms with Crippen molar-refractivity contribution in [3.05, 3.63) is 23.8 Å². The summed E-state index contributed by atoms with van der Waals surface area (Å²) in [5.74, 6) is 1.54. The Kier molecular flexibility index (Phi) is 4.91. The van der Waals surface area contributed by atoms with Crippen LogP contribution in [-0.4, -0.2) is 50.2 Å². The van der Waals surface area contributed by atoms with E-state index in [0.29, 0.717) is 13.2 Å². The molecule has 0 saturated carbocycles. The number of carbonyl (C=O) groups excluding carboxylic acids is 1. The average Bonchev–Trinajstić information content (AvgIpc) is 3.02. The van der Waals surface area contributed by atoms with E-state index in [-0.39, 0.29) is 25.0 Å². The molecule has 6 heteroatoms. The second-order valence-electron chi connectivity index (χ2n) is 6.05. The average molecular weight is 321 g/mol. The molecule has 126 valence electrons. The van der Waals surface area contributed by atoms with Crippen molar-refractivity contribution in [1.29, 1.82) is 0 Å². The van der Waals surface area contributed by atoms with E-state index in [4.69, 9.17) is 18.9 Å². The zero-order valence-electron chi connectivity index (χ0n) is 13.6. The van der Waals surface area contributed by atoms with Crippen LogP contribution in [0.4, 0.5) is 4.79 Å². The Bertz CT molecular complexity index is 556. The highest BCUT2D eigenvalue weighted by molar-refractivity contribution is 5.68. The van der Waals surface area contributed by atoms with Gasteiger partial charge in [-0.05, 0) is 31.0 Å². The van der Waals surface area contributed by atoms with Gasteiger partial charge in [-0.2, -0.15) is 0 Å². The maximum Gasteiger partial charge on any atom is 0.410 e. The monoisotopic (exact) mass is 321 g/mol. The molecular weight excluding hydrogens is 298 g/mol. The quantitative estimate of drug-likeness (QED) is 0.853. The molecule has 1 atom stereocenters. The normalized spacial score (nSPS) is 18.5. The predicted molar refractivity (Wildman–Crippen MR) is 83.8 cm³/mol. The molecule has 0 radical (unpaired) electrons. The first-order valence-corrected chi connectivity index (χ1v) is 8.03. The number of hydrogen-bond donors (Lipinski definition) is 0. The summed E-state index contributed by atoms with van der Waals surface area (Å²) < 4.78 is 21.5. The topological polar surface area (TPSA) is 57.2 Å². The molecule has 6 nitrogen and oxygen atoms in total. The first-order chi connectivity index (χ1) is 11.1. The van der Waals surface area contributed by atoms with Crippen LogP contribution in [0, 0.1) is 0 Å². The standard InChI is InChI=1S/C17H23NO5/c1-12(9-13-3-4-15-16(10-13)22-11-21-15)18(2)17(19)23-14-5-7-20-8-6-14/h3-4,10,12,14H,5-9,11H2,1-2H3. The minimum absolute atomic E-state index is 0.0303.